The highest BCUT2D eigenvalue weighted by molar-refractivity contribution is 5.26. The third-order valence-electron chi connectivity index (χ3n) is 4.69. The van der Waals surface area contributed by atoms with Gasteiger partial charge in [-0.25, -0.2) is 0 Å². The number of hydrogen-bond donors (Lipinski definition) is 1. The van der Waals surface area contributed by atoms with Crippen LogP contribution in [0, 0.1) is 11.3 Å². The maximum absolute atomic E-state index is 6.75. The second kappa shape index (κ2) is 5.52. The van der Waals surface area contributed by atoms with Crippen LogP contribution in [0.2, 0.25) is 0 Å². The van der Waals surface area contributed by atoms with Crippen molar-refractivity contribution in [1.82, 2.24) is 0 Å². The molecule has 2 rings (SSSR count). The molecule has 0 aliphatic heterocycles. The average molecular weight is 273 g/mol. The van der Waals surface area contributed by atoms with Gasteiger partial charge < -0.3 is 5.73 Å². The van der Waals surface area contributed by atoms with Gasteiger partial charge in [-0.15, -0.1) is 0 Å². The minimum Gasteiger partial charge on any atom is -0.325 e. The largest absolute Gasteiger partial charge is 0.325 e. The Balaban J connectivity index is 2.11. The van der Waals surface area contributed by atoms with E-state index in [1.165, 1.54) is 17.5 Å². The van der Waals surface area contributed by atoms with Crippen molar-refractivity contribution in [3.05, 3.63) is 35.4 Å². The van der Waals surface area contributed by atoms with Gasteiger partial charge in [-0.1, -0.05) is 58.9 Å². The van der Waals surface area contributed by atoms with E-state index >= 15 is 0 Å². The van der Waals surface area contributed by atoms with Gasteiger partial charge in [0.2, 0.25) is 0 Å². The minimum atomic E-state index is -0.0273. The van der Waals surface area contributed by atoms with Crippen molar-refractivity contribution in [2.75, 3.05) is 0 Å². The van der Waals surface area contributed by atoms with Crippen LogP contribution in [0.25, 0.3) is 0 Å². The second-order valence-electron chi connectivity index (χ2n) is 8.29. The lowest BCUT2D eigenvalue weighted by Gasteiger charge is -2.46. The zero-order valence-electron chi connectivity index (χ0n) is 13.9. The monoisotopic (exact) mass is 273 g/mol. The molecule has 2 unspecified atom stereocenters. The fourth-order valence-electron chi connectivity index (χ4n) is 4.37. The van der Waals surface area contributed by atoms with Crippen LogP contribution >= 0.6 is 0 Å². The fourth-order valence-corrected chi connectivity index (χ4v) is 4.37. The molecule has 0 radical (unpaired) electrons. The van der Waals surface area contributed by atoms with Crippen molar-refractivity contribution in [3.63, 3.8) is 0 Å². The maximum Gasteiger partial charge on any atom is 0.0202 e. The molecule has 1 heteroatoms. The molecule has 1 fully saturated rings. The topological polar surface area (TPSA) is 26.0 Å². The van der Waals surface area contributed by atoms with Crippen molar-refractivity contribution in [1.29, 1.82) is 0 Å². The highest BCUT2D eigenvalue weighted by Crippen LogP contribution is 2.43. The molecule has 1 nitrogen and oxygen atoms in total. The molecule has 0 amide bonds. The molecule has 2 N–H and O–H groups in total. The first-order valence-electron chi connectivity index (χ1n) is 8.07. The molecule has 0 aromatic heterocycles. The molecular formula is C19H31N. The Morgan fingerprint density at radius 2 is 1.75 bits per heavy atom. The number of hydrogen-bond acceptors (Lipinski definition) is 1. The maximum atomic E-state index is 6.75. The summed E-state index contributed by atoms with van der Waals surface area (Å²) in [4.78, 5) is 0. The van der Waals surface area contributed by atoms with E-state index in [-0.39, 0.29) is 5.54 Å². The molecule has 1 aliphatic rings. The first-order chi connectivity index (χ1) is 9.19. The SMILES string of the molecule is CC1CC(C)(C)CC(N)(Cc2ccc(C(C)C)cc2)C1. The van der Waals surface area contributed by atoms with Gasteiger partial charge in [0.25, 0.3) is 0 Å². The van der Waals surface area contributed by atoms with Gasteiger partial charge in [0, 0.05) is 5.54 Å². The van der Waals surface area contributed by atoms with E-state index in [4.69, 9.17) is 5.73 Å². The number of rotatable bonds is 3. The lowest BCUT2D eigenvalue weighted by molar-refractivity contribution is 0.108. The number of benzene rings is 1. The van der Waals surface area contributed by atoms with Crippen LogP contribution in [0.3, 0.4) is 0 Å². The molecule has 1 aliphatic carbocycles. The first-order valence-corrected chi connectivity index (χ1v) is 8.07. The molecule has 0 heterocycles. The lowest BCUT2D eigenvalue weighted by Crippen LogP contribution is -2.50. The third-order valence-corrected chi connectivity index (χ3v) is 4.69. The van der Waals surface area contributed by atoms with Crippen molar-refractivity contribution in [3.8, 4) is 0 Å². The Bertz CT molecular complexity index is 443. The van der Waals surface area contributed by atoms with E-state index in [9.17, 15) is 0 Å². The zero-order valence-corrected chi connectivity index (χ0v) is 13.9. The summed E-state index contributed by atoms with van der Waals surface area (Å²) >= 11 is 0. The van der Waals surface area contributed by atoms with Gasteiger partial charge in [0.05, 0.1) is 0 Å². The van der Waals surface area contributed by atoms with Gasteiger partial charge in [0.15, 0.2) is 0 Å². The summed E-state index contributed by atoms with van der Waals surface area (Å²) in [5.41, 5.74) is 9.91. The Labute approximate surface area is 125 Å². The molecule has 20 heavy (non-hydrogen) atoms. The summed E-state index contributed by atoms with van der Waals surface area (Å²) in [6, 6.07) is 9.08. The predicted molar refractivity (Wildman–Crippen MR) is 87.9 cm³/mol. The van der Waals surface area contributed by atoms with Gasteiger partial charge in [-0.05, 0) is 54.1 Å². The second-order valence-corrected chi connectivity index (χ2v) is 8.29. The van der Waals surface area contributed by atoms with E-state index in [0.29, 0.717) is 11.3 Å². The van der Waals surface area contributed by atoms with Crippen LogP contribution in [0.15, 0.2) is 24.3 Å². The Hall–Kier alpha value is -0.820. The summed E-state index contributed by atoms with van der Waals surface area (Å²) in [5, 5.41) is 0. The van der Waals surface area contributed by atoms with E-state index in [1.807, 2.05) is 0 Å². The molecule has 2 atom stereocenters. The van der Waals surface area contributed by atoms with Crippen molar-refractivity contribution < 1.29 is 0 Å². The molecule has 0 bridgehead atoms. The van der Waals surface area contributed by atoms with Gasteiger partial charge >= 0.3 is 0 Å². The van der Waals surface area contributed by atoms with Gasteiger partial charge in [-0.2, -0.15) is 0 Å². The Morgan fingerprint density at radius 3 is 2.25 bits per heavy atom. The zero-order chi connectivity index (χ0) is 15.0. The molecule has 0 saturated heterocycles. The molecule has 1 saturated carbocycles. The Kier molecular flexibility index (Phi) is 4.30. The van der Waals surface area contributed by atoms with Crippen LogP contribution in [-0.4, -0.2) is 5.54 Å². The van der Waals surface area contributed by atoms with Crippen LogP contribution in [0.5, 0.6) is 0 Å². The first kappa shape index (κ1) is 15.6. The van der Waals surface area contributed by atoms with Crippen LogP contribution < -0.4 is 5.73 Å². The van der Waals surface area contributed by atoms with E-state index in [1.54, 1.807) is 0 Å². The minimum absolute atomic E-state index is 0.0273. The van der Waals surface area contributed by atoms with Crippen LogP contribution in [-0.2, 0) is 6.42 Å². The molecule has 0 spiro atoms. The third kappa shape index (κ3) is 3.85. The van der Waals surface area contributed by atoms with Crippen LogP contribution in [0.1, 0.15) is 70.9 Å². The molecule has 1 aromatic rings. The molecule has 1 aromatic carbocycles. The van der Waals surface area contributed by atoms with E-state index in [2.05, 4.69) is 58.9 Å². The molecule has 112 valence electrons. The smallest absolute Gasteiger partial charge is 0.0202 e. The fraction of sp³-hybridized carbons (Fsp3) is 0.684. The van der Waals surface area contributed by atoms with E-state index in [0.717, 1.165) is 25.2 Å². The van der Waals surface area contributed by atoms with Crippen molar-refractivity contribution >= 4 is 0 Å². The standard InChI is InChI=1S/C19H31N/c1-14(2)17-8-6-16(7-9-17)12-19(20)11-15(3)10-18(4,5)13-19/h6-9,14-15H,10-13,20H2,1-5H3. The predicted octanol–water partition coefficient (Wildman–Crippen LogP) is 4.90. The van der Waals surface area contributed by atoms with Gasteiger partial charge in [0.1, 0.15) is 0 Å². The summed E-state index contributed by atoms with van der Waals surface area (Å²) in [5.74, 6) is 1.34. The quantitative estimate of drug-likeness (QED) is 0.833. The highest BCUT2D eigenvalue weighted by Gasteiger charge is 2.40. The average Bonchev–Trinajstić information content (AvgIpc) is 2.25. The molecular weight excluding hydrogens is 242 g/mol. The Morgan fingerprint density at radius 1 is 1.15 bits per heavy atom. The number of nitrogens with two attached hydrogens (primary N) is 1. The summed E-state index contributed by atoms with van der Waals surface area (Å²) in [7, 11) is 0. The summed E-state index contributed by atoms with van der Waals surface area (Å²) in [6.45, 7) is 11.6. The van der Waals surface area contributed by atoms with E-state index < -0.39 is 0 Å². The van der Waals surface area contributed by atoms with Crippen LogP contribution in [0.4, 0.5) is 0 Å². The summed E-state index contributed by atoms with van der Waals surface area (Å²) < 4.78 is 0. The summed E-state index contributed by atoms with van der Waals surface area (Å²) in [6.07, 6.45) is 4.61. The highest BCUT2D eigenvalue weighted by atomic mass is 14.8. The normalized spacial score (nSPS) is 29.6. The van der Waals surface area contributed by atoms with Crippen molar-refractivity contribution in [2.24, 2.45) is 17.1 Å². The lowest BCUT2D eigenvalue weighted by atomic mass is 9.63. The van der Waals surface area contributed by atoms with Crippen molar-refractivity contribution in [2.45, 2.75) is 71.8 Å². The van der Waals surface area contributed by atoms with Gasteiger partial charge in [-0.3, -0.25) is 0 Å².